The first-order valence-corrected chi connectivity index (χ1v) is 4.17. The third-order valence-corrected chi connectivity index (χ3v) is 2.38. The topological polar surface area (TPSA) is 55.2 Å². The monoisotopic (exact) mass is 178 g/mol. The van der Waals surface area contributed by atoms with Crippen LogP contribution in [0.25, 0.3) is 0 Å². The highest BCUT2D eigenvalue weighted by atomic mass is 16.6. The second kappa shape index (κ2) is 2.73. The molecule has 0 bridgehead atoms. The minimum atomic E-state index is -0.643. The Morgan fingerprint density at radius 1 is 1.62 bits per heavy atom. The first kappa shape index (κ1) is 8.04. The van der Waals surface area contributed by atoms with Crippen molar-refractivity contribution in [2.45, 2.75) is 19.5 Å². The van der Waals surface area contributed by atoms with Gasteiger partial charge in [-0.1, -0.05) is 12.1 Å². The van der Waals surface area contributed by atoms with E-state index in [1.165, 1.54) is 0 Å². The third kappa shape index (κ3) is 1.24. The number of nitro groups is 1. The molecule has 1 aromatic rings. The van der Waals surface area contributed by atoms with E-state index < -0.39 is 6.17 Å². The minimum Gasteiger partial charge on any atom is -0.323 e. The Labute approximate surface area is 75.7 Å². The van der Waals surface area contributed by atoms with Crippen LogP contribution in [-0.2, 0) is 6.42 Å². The van der Waals surface area contributed by atoms with Gasteiger partial charge in [-0.3, -0.25) is 10.1 Å². The summed E-state index contributed by atoms with van der Waals surface area (Å²) in [7, 11) is 0. The number of nitrogens with zero attached hydrogens (tertiary/aromatic N) is 1. The number of aryl methyl sites for hydroxylation is 1. The van der Waals surface area contributed by atoms with Crippen LogP contribution >= 0.6 is 0 Å². The molecule has 1 aliphatic heterocycles. The molecule has 1 N–H and O–H groups in total. The normalized spacial score (nSPS) is 19.3. The predicted octanol–water partition coefficient (Wildman–Crippen LogP) is 1.57. The number of fused-ring (bicyclic) bond motifs is 1. The van der Waals surface area contributed by atoms with Gasteiger partial charge in [-0.15, -0.1) is 0 Å². The summed E-state index contributed by atoms with van der Waals surface area (Å²) in [5.74, 6) is 0. The van der Waals surface area contributed by atoms with Gasteiger partial charge in [-0.2, -0.15) is 0 Å². The van der Waals surface area contributed by atoms with Crippen LogP contribution in [0.1, 0.15) is 11.1 Å². The molecule has 68 valence electrons. The summed E-state index contributed by atoms with van der Waals surface area (Å²) in [6.07, 6.45) is -0.147. The van der Waals surface area contributed by atoms with Crippen LogP contribution in [0, 0.1) is 17.0 Å². The molecule has 0 aromatic heterocycles. The Morgan fingerprint density at radius 2 is 2.38 bits per heavy atom. The third-order valence-electron chi connectivity index (χ3n) is 2.38. The molecule has 1 aliphatic rings. The molecule has 0 saturated heterocycles. The quantitative estimate of drug-likeness (QED) is 0.524. The molecular weight excluding hydrogens is 168 g/mol. The van der Waals surface area contributed by atoms with Crippen LogP contribution in [0.4, 0.5) is 5.69 Å². The van der Waals surface area contributed by atoms with Gasteiger partial charge in [0, 0.05) is 10.6 Å². The van der Waals surface area contributed by atoms with Crippen molar-refractivity contribution in [2.24, 2.45) is 0 Å². The van der Waals surface area contributed by atoms with Gasteiger partial charge in [-0.25, -0.2) is 0 Å². The molecule has 1 unspecified atom stereocenters. The highest BCUT2D eigenvalue weighted by Gasteiger charge is 2.29. The smallest absolute Gasteiger partial charge is 0.288 e. The lowest BCUT2D eigenvalue weighted by molar-refractivity contribution is -0.513. The Kier molecular flexibility index (Phi) is 1.69. The largest absolute Gasteiger partial charge is 0.323 e. The summed E-state index contributed by atoms with van der Waals surface area (Å²) < 4.78 is 0. The standard InChI is InChI=1S/C9H10N2O2/c1-6-3-2-4-8-7(6)5-9(10-8)11(12)13/h2-4,9-10H,5H2,1H3. The average Bonchev–Trinajstić information content (AvgIpc) is 2.49. The number of anilines is 1. The second-order valence-corrected chi connectivity index (χ2v) is 3.25. The van der Waals surface area contributed by atoms with Crippen LogP contribution in [0.5, 0.6) is 0 Å². The molecule has 0 amide bonds. The van der Waals surface area contributed by atoms with E-state index in [9.17, 15) is 10.1 Å². The lowest BCUT2D eigenvalue weighted by Gasteiger charge is -2.00. The molecule has 4 nitrogen and oxygen atoms in total. The van der Waals surface area contributed by atoms with Crippen LogP contribution in [0.2, 0.25) is 0 Å². The number of hydrogen-bond donors (Lipinski definition) is 1. The number of hydrogen-bond acceptors (Lipinski definition) is 3. The van der Waals surface area contributed by atoms with E-state index in [0.717, 1.165) is 16.8 Å². The predicted molar refractivity (Wildman–Crippen MR) is 49.3 cm³/mol. The Bertz CT molecular complexity index is 363. The molecular formula is C9H10N2O2. The Balaban J connectivity index is 2.35. The number of nitrogens with one attached hydrogen (secondary N) is 1. The first-order chi connectivity index (χ1) is 6.18. The summed E-state index contributed by atoms with van der Waals surface area (Å²) in [6.45, 7) is 1.98. The average molecular weight is 178 g/mol. The molecule has 0 saturated carbocycles. The number of benzene rings is 1. The molecule has 0 aliphatic carbocycles. The van der Waals surface area contributed by atoms with Crippen LogP contribution in [-0.4, -0.2) is 11.1 Å². The van der Waals surface area contributed by atoms with Crippen molar-refractivity contribution in [2.75, 3.05) is 5.32 Å². The van der Waals surface area contributed by atoms with E-state index >= 15 is 0 Å². The maximum absolute atomic E-state index is 10.5. The van der Waals surface area contributed by atoms with Crippen molar-refractivity contribution in [1.82, 2.24) is 0 Å². The van der Waals surface area contributed by atoms with Gasteiger partial charge in [0.25, 0.3) is 6.17 Å². The zero-order valence-electron chi connectivity index (χ0n) is 7.28. The van der Waals surface area contributed by atoms with Crippen LogP contribution in [0.3, 0.4) is 0 Å². The van der Waals surface area contributed by atoms with Gasteiger partial charge in [0.15, 0.2) is 0 Å². The molecule has 0 spiro atoms. The zero-order valence-corrected chi connectivity index (χ0v) is 7.28. The SMILES string of the molecule is Cc1cccc2c1CC([N+](=O)[O-])N2. The van der Waals surface area contributed by atoms with Crippen molar-refractivity contribution in [3.8, 4) is 0 Å². The molecule has 1 aromatic carbocycles. The van der Waals surface area contributed by atoms with Gasteiger partial charge < -0.3 is 5.32 Å². The Hall–Kier alpha value is -1.58. The van der Waals surface area contributed by atoms with Crippen molar-refractivity contribution < 1.29 is 4.92 Å². The van der Waals surface area contributed by atoms with E-state index in [1.54, 1.807) is 0 Å². The molecule has 13 heavy (non-hydrogen) atoms. The summed E-state index contributed by atoms with van der Waals surface area (Å²) >= 11 is 0. The van der Waals surface area contributed by atoms with Gasteiger partial charge in [-0.05, 0) is 24.1 Å². The fourth-order valence-electron chi connectivity index (χ4n) is 1.66. The van der Waals surface area contributed by atoms with Gasteiger partial charge in [0.1, 0.15) is 0 Å². The maximum atomic E-state index is 10.5. The van der Waals surface area contributed by atoms with Gasteiger partial charge >= 0.3 is 0 Å². The Morgan fingerprint density at radius 3 is 3.00 bits per heavy atom. The van der Waals surface area contributed by atoms with Crippen molar-refractivity contribution >= 4 is 5.69 Å². The summed E-state index contributed by atoms with van der Waals surface area (Å²) in [5, 5.41) is 13.4. The highest BCUT2D eigenvalue weighted by Crippen LogP contribution is 2.28. The molecule has 1 heterocycles. The first-order valence-electron chi connectivity index (χ1n) is 4.17. The van der Waals surface area contributed by atoms with Crippen molar-refractivity contribution in [3.05, 3.63) is 39.4 Å². The van der Waals surface area contributed by atoms with E-state index in [1.807, 2.05) is 25.1 Å². The van der Waals surface area contributed by atoms with Crippen molar-refractivity contribution in [1.29, 1.82) is 0 Å². The highest BCUT2D eigenvalue weighted by molar-refractivity contribution is 5.58. The molecule has 0 radical (unpaired) electrons. The van der Waals surface area contributed by atoms with Crippen molar-refractivity contribution in [3.63, 3.8) is 0 Å². The van der Waals surface area contributed by atoms with Crippen LogP contribution in [0.15, 0.2) is 18.2 Å². The summed E-state index contributed by atoms with van der Waals surface area (Å²) in [5.41, 5.74) is 3.10. The molecule has 0 fully saturated rings. The molecule has 2 rings (SSSR count). The second-order valence-electron chi connectivity index (χ2n) is 3.25. The lowest BCUT2D eigenvalue weighted by atomic mass is 10.1. The fraction of sp³-hybridized carbons (Fsp3) is 0.333. The lowest BCUT2D eigenvalue weighted by Crippen LogP contribution is -2.25. The van der Waals surface area contributed by atoms with Gasteiger partial charge in [0.05, 0.1) is 6.42 Å². The van der Waals surface area contributed by atoms with Gasteiger partial charge in [0.2, 0.25) is 0 Å². The van der Waals surface area contributed by atoms with E-state index in [-0.39, 0.29) is 4.92 Å². The summed E-state index contributed by atoms with van der Waals surface area (Å²) in [6, 6.07) is 5.76. The van der Waals surface area contributed by atoms with Crippen LogP contribution < -0.4 is 5.32 Å². The van der Waals surface area contributed by atoms with E-state index in [4.69, 9.17) is 0 Å². The van der Waals surface area contributed by atoms with E-state index in [0.29, 0.717) is 6.42 Å². The zero-order chi connectivity index (χ0) is 9.42. The molecule has 4 heteroatoms. The molecule has 1 atom stereocenters. The summed E-state index contributed by atoms with van der Waals surface area (Å²) in [4.78, 5) is 10.2. The fourth-order valence-corrected chi connectivity index (χ4v) is 1.66. The minimum absolute atomic E-state index is 0.278. The number of rotatable bonds is 1. The van der Waals surface area contributed by atoms with E-state index in [2.05, 4.69) is 5.32 Å². The maximum Gasteiger partial charge on any atom is 0.288 e.